The summed E-state index contributed by atoms with van der Waals surface area (Å²) < 4.78 is 11.2. The molecule has 0 bridgehead atoms. The monoisotopic (exact) mass is 715 g/mol. The molecule has 0 spiro atoms. The van der Waals surface area contributed by atoms with Crippen LogP contribution in [0.4, 0.5) is 15.3 Å². The Labute approximate surface area is 306 Å². The van der Waals surface area contributed by atoms with E-state index in [0.717, 1.165) is 62.0 Å². The van der Waals surface area contributed by atoms with Gasteiger partial charge in [0.2, 0.25) is 0 Å². The minimum atomic E-state index is -1.04. The lowest BCUT2D eigenvalue weighted by Crippen LogP contribution is -2.55. The summed E-state index contributed by atoms with van der Waals surface area (Å²) in [5.74, 6) is 0.122. The Kier molecular flexibility index (Phi) is 12.4. The van der Waals surface area contributed by atoms with Gasteiger partial charge in [0.05, 0.1) is 6.61 Å². The molecule has 3 heterocycles. The van der Waals surface area contributed by atoms with E-state index in [9.17, 15) is 24.3 Å². The zero-order valence-electron chi connectivity index (χ0n) is 30.3. The molecule has 6 rings (SSSR count). The number of phenolic OH excluding ortho intramolecular Hbond substituents is 1. The van der Waals surface area contributed by atoms with E-state index < -0.39 is 12.2 Å². The number of nitrogens with zero attached hydrogens (tertiary/aromatic N) is 4. The molecular formula is C40H53N5O7. The fourth-order valence-electron chi connectivity index (χ4n) is 8.26. The summed E-state index contributed by atoms with van der Waals surface area (Å²) in [5.41, 5.74) is 3.25. The van der Waals surface area contributed by atoms with Crippen LogP contribution in [0.15, 0.2) is 49.0 Å². The van der Waals surface area contributed by atoms with E-state index in [2.05, 4.69) is 16.8 Å². The van der Waals surface area contributed by atoms with Crippen LogP contribution < -0.4 is 5.32 Å². The maximum absolute atomic E-state index is 14.1. The van der Waals surface area contributed by atoms with Crippen molar-refractivity contribution >= 4 is 35.8 Å². The van der Waals surface area contributed by atoms with E-state index in [0.29, 0.717) is 76.1 Å². The molecule has 0 aromatic heterocycles. The van der Waals surface area contributed by atoms with Crippen molar-refractivity contribution in [2.75, 3.05) is 57.7 Å². The summed E-state index contributed by atoms with van der Waals surface area (Å²) in [4.78, 5) is 60.6. The van der Waals surface area contributed by atoms with Crippen LogP contribution in [0, 0.1) is 5.92 Å². The molecule has 4 amide bonds. The number of piperazine rings is 1. The molecule has 0 unspecified atom stereocenters. The van der Waals surface area contributed by atoms with Gasteiger partial charge in [-0.3, -0.25) is 14.5 Å². The molecule has 2 aromatic rings. The first-order valence-electron chi connectivity index (χ1n) is 19.0. The molecule has 2 saturated heterocycles. The molecule has 1 atom stereocenters. The van der Waals surface area contributed by atoms with Gasteiger partial charge < -0.3 is 34.6 Å². The highest BCUT2D eigenvalue weighted by molar-refractivity contribution is 5.91. The Morgan fingerprint density at radius 1 is 0.923 bits per heavy atom. The summed E-state index contributed by atoms with van der Waals surface area (Å²) in [6, 6.07) is 13.2. The Bertz CT molecular complexity index is 1590. The van der Waals surface area contributed by atoms with Gasteiger partial charge in [-0.2, -0.15) is 0 Å². The van der Waals surface area contributed by atoms with E-state index in [4.69, 9.17) is 9.47 Å². The molecule has 12 heteroatoms. The van der Waals surface area contributed by atoms with Gasteiger partial charge in [0.25, 0.3) is 5.91 Å². The van der Waals surface area contributed by atoms with Gasteiger partial charge in [0.15, 0.2) is 6.10 Å². The number of para-hydroxylation sites is 1. The summed E-state index contributed by atoms with van der Waals surface area (Å²) in [6.07, 6.45) is 6.68. The van der Waals surface area contributed by atoms with Crippen molar-refractivity contribution in [1.82, 2.24) is 19.6 Å². The Balaban J connectivity index is 1.04. The van der Waals surface area contributed by atoms with Crippen LogP contribution in [0.25, 0.3) is 6.08 Å². The molecule has 4 aliphatic rings. The third-order valence-electron chi connectivity index (χ3n) is 11.3. The first-order chi connectivity index (χ1) is 25.2. The van der Waals surface area contributed by atoms with E-state index in [-0.39, 0.29) is 36.1 Å². The maximum atomic E-state index is 14.1. The lowest BCUT2D eigenvalue weighted by Gasteiger charge is -2.42. The minimum Gasteiger partial charge on any atom is -0.507 e. The second kappa shape index (κ2) is 17.3. The van der Waals surface area contributed by atoms with Crippen molar-refractivity contribution in [3.05, 3.63) is 65.7 Å². The third kappa shape index (κ3) is 9.07. The number of nitrogens with one attached hydrogen (secondary N) is 1. The summed E-state index contributed by atoms with van der Waals surface area (Å²) >= 11 is 0. The summed E-state index contributed by atoms with van der Waals surface area (Å²) in [7, 11) is 0. The number of urea groups is 1. The van der Waals surface area contributed by atoms with Gasteiger partial charge in [-0.25, -0.2) is 9.59 Å². The van der Waals surface area contributed by atoms with Gasteiger partial charge in [-0.15, -0.1) is 0 Å². The number of rotatable bonds is 10. The zero-order chi connectivity index (χ0) is 36.6. The second-order valence-corrected chi connectivity index (χ2v) is 14.5. The van der Waals surface area contributed by atoms with E-state index >= 15 is 0 Å². The average molecular weight is 716 g/mol. The Morgan fingerprint density at radius 2 is 1.65 bits per heavy atom. The molecule has 3 fully saturated rings. The van der Waals surface area contributed by atoms with Gasteiger partial charge in [0.1, 0.15) is 5.75 Å². The van der Waals surface area contributed by atoms with Crippen molar-refractivity contribution in [1.29, 1.82) is 0 Å². The number of piperidine rings is 1. The highest BCUT2D eigenvalue weighted by Gasteiger charge is 2.36. The van der Waals surface area contributed by atoms with Crippen LogP contribution >= 0.6 is 0 Å². The van der Waals surface area contributed by atoms with Gasteiger partial charge in [0, 0.05) is 82.0 Å². The van der Waals surface area contributed by atoms with Gasteiger partial charge in [-0.05, 0) is 87.1 Å². The quantitative estimate of drug-likeness (QED) is 0.317. The van der Waals surface area contributed by atoms with Gasteiger partial charge >= 0.3 is 18.1 Å². The number of amides is 4. The number of likely N-dealkylation sites (tertiary alicyclic amines) is 1. The molecule has 1 aliphatic carbocycles. The van der Waals surface area contributed by atoms with E-state index in [1.54, 1.807) is 34.1 Å². The number of aromatic hydroxyl groups is 1. The first-order valence-corrected chi connectivity index (χ1v) is 19.0. The number of carbonyl (C=O) groups excluding carboxylic acids is 4. The fourth-order valence-corrected chi connectivity index (χ4v) is 8.26. The molecule has 2 N–H and O–H groups in total. The number of esters is 1. The largest absolute Gasteiger partial charge is 0.507 e. The maximum Gasteiger partial charge on any atom is 0.410 e. The lowest BCUT2D eigenvalue weighted by molar-refractivity contribution is -0.144. The van der Waals surface area contributed by atoms with Crippen molar-refractivity contribution in [2.45, 2.75) is 82.9 Å². The lowest BCUT2D eigenvalue weighted by atomic mass is 9.83. The summed E-state index contributed by atoms with van der Waals surface area (Å²) in [6.45, 7) is 10.0. The van der Waals surface area contributed by atoms with Crippen molar-refractivity contribution < 1.29 is 33.8 Å². The van der Waals surface area contributed by atoms with Crippen LogP contribution in [-0.2, 0) is 31.9 Å². The number of ether oxygens (including phenoxy) is 2. The standard InChI is InChI=1S/C40H53N5O7/c1-3-30-25-29(11-14-35(30)46)26-36(38(48)43-23-21-42(22-24-43)32-12-9-28(10-13-32)27-37(47)51-4-2)52-40(50)44-18-16-33(17-19-44)45-20-15-31-7-5-6-8-34(31)41-39(45)49/h3,5-8,11,14,25,28,32-33,36,46H,1,4,9-10,12-13,15-24,26-27H2,2H3,(H,41,49)/t28?,32?,36-/m1/s1. The predicted molar refractivity (Wildman–Crippen MR) is 198 cm³/mol. The molecule has 280 valence electrons. The van der Waals surface area contributed by atoms with E-state index in [1.165, 1.54) is 0 Å². The number of hydrogen-bond donors (Lipinski definition) is 2. The molecule has 0 radical (unpaired) electrons. The van der Waals surface area contributed by atoms with Crippen molar-refractivity contribution in [3.8, 4) is 5.75 Å². The Morgan fingerprint density at radius 3 is 2.37 bits per heavy atom. The molecule has 52 heavy (non-hydrogen) atoms. The normalized spacial score (nSPS) is 22.1. The van der Waals surface area contributed by atoms with Crippen LogP contribution in [0.5, 0.6) is 5.75 Å². The van der Waals surface area contributed by atoms with Crippen molar-refractivity contribution in [3.63, 3.8) is 0 Å². The zero-order valence-corrected chi connectivity index (χ0v) is 30.3. The first kappa shape index (κ1) is 37.2. The number of phenols is 1. The predicted octanol–water partition coefficient (Wildman–Crippen LogP) is 5.29. The number of fused-ring (bicyclic) bond motifs is 1. The minimum absolute atomic E-state index is 0.00553. The number of carbonyl (C=O) groups is 4. The molecule has 2 aromatic carbocycles. The smallest absolute Gasteiger partial charge is 0.410 e. The van der Waals surface area contributed by atoms with Crippen LogP contribution in [0.1, 0.15) is 68.6 Å². The fraction of sp³-hybridized carbons (Fsp3) is 0.550. The number of hydrogen-bond acceptors (Lipinski definition) is 8. The molecule has 1 saturated carbocycles. The second-order valence-electron chi connectivity index (χ2n) is 14.5. The third-order valence-corrected chi connectivity index (χ3v) is 11.3. The highest BCUT2D eigenvalue weighted by atomic mass is 16.6. The summed E-state index contributed by atoms with van der Waals surface area (Å²) in [5, 5.41) is 13.2. The SMILES string of the molecule is C=Cc1cc(C[C@@H](OC(=O)N2CCC(N3CCc4ccccc4NC3=O)CC2)C(=O)N2CCN(C3CCC(CC(=O)OCC)CC3)CC2)ccc1O. The van der Waals surface area contributed by atoms with Crippen LogP contribution in [0.2, 0.25) is 0 Å². The van der Waals surface area contributed by atoms with Crippen LogP contribution in [-0.4, -0.2) is 119 Å². The molecule has 3 aliphatic heterocycles. The van der Waals surface area contributed by atoms with Crippen LogP contribution in [0.3, 0.4) is 0 Å². The number of benzene rings is 2. The van der Waals surface area contributed by atoms with Crippen molar-refractivity contribution in [2.24, 2.45) is 5.92 Å². The topological polar surface area (TPSA) is 132 Å². The Hall–Kier alpha value is -4.58. The molecule has 12 nitrogen and oxygen atoms in total. The highest BCUT2D eigenvalue weighted by Crippen LogP contribution is 2.31. The number of anilines is 1. The molecular weight excluding hydrogens is 662 g/mol. The average Bonchev–Trinajstić information content (AvgIpc) is 3.33. The van der Waals surface area contributed by atoms with Gasteiger partial charge in [-0.1, -0.05) is 36.9 Å². The van der Waals surface area contributed by atoms with E-state index in [1.807, 2.05) is 36.1 Å².